The maximum absolute atomic E-state index is 10.5. The Labute approximate surface area is 89.3 Å². The molecule has 1 amide bonds. The van der Waals surface area contributed by atoms with Gasteiger partial charge in [-0.1, -0.05) is 21.6 Å². The van der Waals surface area contributed by atoms with Crippen LogP contribution in [0.15, 0.2) is 0 Å². The summed E-state index contributed by atoms with van der Waals surface area (Å²) in [5, 5.41) is 8.43. The normalized spacial score (nSPS) is 14.7. The number of carboxylic acid groups (broad SMARTS) is 1. The molecule has 6 nitrogen and oxygen atoms in total. The molecule has 0 aliphatic heterocycles. The summed E-state index contributed by atoms with van der Waals surface area (Å²) in [4.78, 5) is 20.8. The van der Waals surface area contributed by atoms with Crippen molar-refractivity contribution in [1.82, 2.24) is 0 Å². The van der Waals surface area contributed by atoms with E-state index in [9.17, 15) is 9.59 Å². The van der Waals surface area contributed by atoms with Gasteiger partial charge in [-0.15, -0.1) is 0 Å². The third-order valence-electron chi connectivity index (χ3n) is 1.26. The summed E-state index contributed by atoms with van der Waals surface area (Å²) < 4.78 is 0. The molecule has 0 aromatic rings. The highest BCUT2D eigenvalue weighted by atomic mass is 33.1. The summed E-state index contributed by atoms with van der Waals surface area (Å²) in [6.07, 6.45) is 0. The predicted molar refractivity (Wildman–Crippen MR) is 57.7 cm³/mol. The molecule has 0 radical (unpaired) electrons. The Morgan fingerprint density at radius 2 is 1.57 bits per heavy atom. The fourth-order valence-corrected chi connectivity index (χ4v) is 2.65. The molecular weight excluding hydrogens is 226 g/mol. The van der Waals surface area contributed by atoms with Crippen molar-refractivity contribution >= 4 is 33.5 Å². The maximum atomic E-state index is 10.5. The molecule has 0 fully saturated rings. The highest BCUT2D eigenvalue weighted by Crippen LogP contribution is 2.21. The van der Waals surface area contributed by atoms with E-state index in [-0.39, 0.29) is 5.75 Å². The van der Waals surface area contributed by atoms with Crippen LogP contribution in [-0.4, -0.2) is 40.6 Å². The molecule has 0 aliphatic carbocycles. The molecule has 0 spiro atoms. The van der Waals surface area contributed by atoms with Crippen molar-refractivity contribution in [2.45, 2.75) is 12.1 Å². The quantitative estimate of drug-likeness (QED) is 0.317. The first kappa shape index (κ1) is 13.6. The van der Waals surface area contributed by atoms with Crippen molar-refractivity contribution < 1.29 is 14.7 Å². The van der Waals surface area contributed by atoms with Crippen molar-refractivity contribution in [2.75, 3.05) is 11.5 Å². The lowest BCUT2D eigenvalue weighted by Crippen LogP contribution is -2.38. The van der Waals surface area contributed by atoms with Crippen molar-refractivity contribution in [3.05, 3.63) is 0 Å². The van der Waals surface area contributed by atoms with Gasteiger partial charge in [-0.3, -0.25) is 9.59 Å². The summed E-state index contributed by atoms with van der Waals surface area (Å²) >= 11 is 0. The van der Waals surface area contributed by atoms with Gasteiger partial charge in [0.15, 0.2) is 0 Å². The second-order valence-corrected chi connectivity index (χ2v) is 5.07. The van der Waals surface area contributed by atoms with Crippen LogP contribution in [0.2, 0.25) is 0 Å². The molecule has 82 valence electrons. The van der Waals surface area contributed by atoms with Crippen LogP contribution in [0.1, 0.15) is 0 Å². The van der Waals surface area contributed by atoms with E-state index in [1.165, 1.54) is 21.6 Å². The smallest absolute Gasteiger partial charge is 0.321 e. The molecule has 0 aromatic carbocycles. The summed E-state index contributed by atoms with van der Waals surface area (Å²) in [5.74, 6) is -0.990. The minimum Gasteiger partial charge on any atom is -0.480 e. The Hall–Kier alpha value is -0.440. The van der Waals surface area contributed by atoms with Crippen LogP contribution in [-0.2, 0) is 9.59 Å². The first-order valence-corrected chi connectivity index (χ1v) is 6.21. The van der Waals surface area contributed by atoms with Gasteiger partial charge in [0.1, 0.15) is 6.04 Å². The predicted octanol–water partition coefficient (Wildman–Crippen LogP) is -1.41. The lowest BCUT2D eigenvalue weighted by atomic mass is 10.4. The highest BCUT2D eigenvalue weighted by molar-refractivity contribution is 8.76. The molecule has 0 aliphatic rings. The van der Waals surface area contributed by atoms with Crippen molar-refractivity contribution in [3.8, 4) is 0 Å². The molecule has 0 saturated heterocycles. The number of hydrogen-bond acceptors (Lipinski definition) is 6. The minimum absolute atomic E-state index is 0.269. The Bertz CT molecular complexity index is 192. The van der Waals surface area contributed by atoms with Gasteiger partial charge >= 0.3 is 5.97 Å². The Balaban J connectivity index is 3.47. The van der Waals surface area contributed by atoms with Crippen LogP contribution in [0, 0.1) is 0 Å². The van der Waals surface area contributed by atoms with Gasteiger partial charge in [0.25, 0.3) is 0 Å². The SMILES string of the molecule is NC(=O)C(N)CSSCC(N)C(=O)O. The molecule has 14 heavy (non-hydrogen) atoms. The van der Waals surface area contributed by atoms with Gasteiger partial charge in [-0.2, -0.15) is 0 Å². The minimum atomic E-state index is -1.04. The van der Waals surface area contributed by atoms with Crippen LogP contribution in [0.25, 0.3) is 0 Å². The fraction of sp³-hybridized carbons (Fsp3) is 0.667. The van der Waals surface area contributed by atoms with Crippen LogP contribution in [0.5, 0.6) is 0 Å². The van der Waals surface area contributed by atoms with Crippen LogP contribution >= 0.6 is 21.6 Å². The fourth-order valence-electron chi connectivity index (χ4n) is 0.396. The zero-order chi connectivity index (χ0) is 11.1. The molecule has 7 N–H and O–H groups in total. The van der Waals surface area contributed by atoms with Crippen molar-refractivity contribution in [2.24, 2.45) is 17.2 Å². The van der Waals surface area contributed by atoms with Crippen molar-refractivity contribution in [1.29, 1.82) is 0 Å². The maximum Gasteiger partial charge on any atom is 0.321 e. The van der Waals surface area contributed by atoms with E-state index in [1.54, 1.807) is 0 Å². The topological polar surface area (TPSA) is 132 Å². The number of rotatable bonds is 7. The number of amides is 1. The number of carboxylic acids is 1. The first-order valence-electron chi connectivity index (χ1n) is 3.73. The summed E-state index contributed by atoms with van der Waals surface area (Å²) in [6, 6.07) is -1.59. The van der Waals surface area contributed by atoms with E-state index in [0.717, 1.165) is 0 Å². The number of nitrogens with two attached hydrogens (primary N) is 3. The molecule has 2 unspecified atom stereocenters. The number of carbonyl (C=O) groups is 2. The van der Waals surface area contributed by atoms with E-state index in [1.807, 2.05) is 0 Å². The van der Waals surface area contributed by atoms with Gasteiger partial charge in [0, 0.05) is 11.5 Å². The third kappa shape index (κ3) is 6.08. The average Bonchev–Trinajstić information content (AvgIpc) is 2.11. The third-order valence-corrected chi connectivity index (χ3v) is 3.73. The zero-order valence-electron chi connectivity index (χ0n) is 7.38. The van der Waals surface area contributed by atoms with E-state index in [0.29, 0.717) is 5.75 Å². The number of aliphatic carboxylic acids is 1. The van der Waals surface area contributed by atoms with E-state index < -0.39 is 24.0 Å². The molecule has 0 aromatic heterocycles. The van der Waals surface area contributed by atoms with Gasteiger partial charge in [0.05, 0.1) is 6.04 Å². The largest absolute Gasteiger partial charge is 0.480 e. The van der Waals surface area contributed by atoms with E-state index in [4.69, 9.17) is 22.3 Å². The molecule has 0 saturated carbocycles. The summed E-state index contributed by atoms with van der Waals surface area (Å²) in [7, 11) is 2.54. The lowest BCUT2D eigenvalue weighted by Gasteiger charge is -2.07. The number of primary amides is 1. The second-order valence-electron chi connectivity index (χ2n) is 2.52. The monoisotopic (exact) mass is 239 g/mol. The van der Waals surface area contributed by atoms with Gasteiger partial charge in [0.2, 0.25) is 5.91 Å². The Morgan fingerprint density at radius 1 is 1.14 bits per heavy atom. The molecule has 0 heterocycles. The standard InChI is InChI=1S/C6H13N3O3S2/c7-3(5(9)10)1-13-14-2-4(8)6(11)12/h3-4H,1-2,7-8H2,(H2,9,10)(H,11,12). The molecule has 2 atom stereocenters. The van der Waals surface area contributed by atoms with E-state index in [2.05, 4.69) is 0 Å². The van der Waals surface area contributed by atoms with Crippen LogP contribution in [0.3, 0.4) is 0 Å². The van der Waals surface area contributed by atoms with Crippen molar-refractivity contribution in [3.63, 3.8) is 0 Å². The molecule has 8 heteroatoms. The Morgan fingerprint density at radius 3 is 1.93 bits per heavy atom. The Kier molecular flexibility index (Phi) is 6.71. The summed E-state index contributed by atoms with van der Waals surface area (Å²) in [5.41, 5.74) is 15.5. The lowest BCUT2D eigenvalue weighted by molar-refractivity contribution is -0.137. The summed E-state index contributed by atoms with van der Waals surface area (Å²) in [6.45, 7) is 0. The highest BCUT2D eigenvalue weighted by Gasteiger charge is 2.13. The van der Waals surface area contributed by atoms with Gasteiger partial charge in [-0.05, 0) is 0 Å². The molecular formula is C6H13N3O3S2. The zero-order valence-corrected chi connectivity index (χ0v) is 9.01. The van der Waals surface area contributed by atoms with Gasteiger partial charge < -0.3 is 22.3 Å². The van der Waals surface area contributed by atoms with Gasteiger partial charge in [-0.25, -0.2) is 0 Å². The average molecular weight is 239 g/mol. The van der Waals surface area contributed by atoms with Crippen LogP contribution in [0.4, 0.5) is 0 Å². The van der Waals surface area contributed by atoms with Crippen LogP contribution < -0.4 is 17.2 Å². The first-order chi connectivity index (χ1) is 6.45. The van der Waals surface area contributed by atoms with E-state index >= 15 is 0 Å². The molecule has 0 rings (SSSR count). The number of hydrogen-bond donors (Lipinski definition) is 4. The second kappa shape index (κ2) is 6.93. The number of carbonyl (C=O) groups excluding carboxylic acids is 1. The molecule has 0 bridgehead atoms.